The number of unbranched alkanes of at least 4 members (excludes halogenated alkanes) is 22. The number of carbonyl (C=O) groups is 3. The van der Waals surface area contributed by atoms with Gasteiger partial charge in [0, 0.05) is 12.8 Å². The lowest BCUT2D eigenvalue weighted by Crippen LogP contribution is -2.28. The maximum absolute atomic E-state index is 12.1. The Hall–Kier alpha value is -2.11. The largest absolute Gasteiger partial charge is 0.462 e. The zero-order valence-electron chi connectivity index (χ0n) is 30.1. The van der Waals surface area contributed by atoms with Crippen LogP contribution in [0.25, 0.3) is 0 Å². The van der Waals surface area contributed by atoms with Gasteiger partial charge in [0.1, 0.15) is 13.2 Å². The van der Waals surface area contributed by atoms with Gasteiger partial charge in [-0.3, -0.25) is 14.4 Å². The standard InChI is InChI=1S/C40H72O6/c1-3-5-7-9-11-13-15-17-19-21-23-25-27-29-31-33-39(42)44-35-38(46-37-41)36-45-40(43)34-32-30-28-26-24-22-20-18-16-14-12-10-8-6-4-2/h17-20,37-38H,3-16,21-36H2,1-2H3/b19-17-,20-18-. The van der Waals surface area contributed by atoms with Gasteiger partial charge < -0.3 is 14.2 Å². The Balaban J connectivity index is 3.67. The zero-order chi connectivity index (χ0) is 33.6. The first-order valence-electron chi connectivity index (χ1n) is 19.3. The van der Waals surface area contributed by atoms with E-state index in [0.29, 0.717) is 19.3 Å². The number of ether oxygens (including phenoxy) is 3. The van der Waals surface area contributed by atoms with Crippen molar-refractivity contribution in [3.63, 3.8) is 0 Å². The highest BCUT2D eigenvalue weighted by Crippen LogP contribution is 2.12. The van der Waals surface area contributed by atoms with Crippen molar-refractivity contribution in [1.82, 2.24) is 0 Å². The van der Waals surface area contributed by atoms with E-state index in [0.717, 1.165) is 51.4 Å². The van der Waals surface area contributed by atoms with Gasteiger partial charge in [-0.1, -0.05) is 141 Å². The summed E-state index contributed by atoms with van der Waals surface area (Å²) in [6.45, 7) is 4.63. The average Bonchev–Trinajstić information content (AvgIpc) is 3.06. The summed E-state index contributed by atoms with van der Waals surface area (Å²) >= 11 is 0. The second kappa shape index (κ2) is 37.3. The minimum atomic E-state index is -0.770. The molecule has 0 aromatic carbocycles. The molecule has 46 heavy (non-hydrogen) atoms. The second-order valence-corrected chi connectivity index (χ2v) is 12.9. The summed E-state index contributed by atoms with van der Waals surface area (Å²) in [4.78, 5) is 35.1. The molecule has 6 heteroatoms. The summed E-state index contributed by atoms with van der Waals surface area (Å²) in [6, 6.07) is 0. The van der Waals surface area contributed by atoms with Crippen molar-refractivity contribution in [2.24, 2.45) is 0 Å². The summed E-state index contributed by atoms with van der Waals surface area (Å²) < 4.78 is 15.5. The van der Waals surface area contributed by atoms with E-state index in [1.54, 1.807) is 0 Å². The lowest BCUT2D eigenvalue weighted by Gasteiger charge is -2.15. The summed E-state index contributed by atoms with van der Waals surface area (Å²) in [6.07, 6.45) is 40.6. The number of rotatable bonds is 36. The van der Waals surface area contributed by atoms with Crippen molar-refractivity contribution in [2.45, 2.75) is 200 Å². The van der Waals surface area contributed by atoms with Crippen LogP contribution in [0.15, 0.2) is 24.3 Å². The third-order valence-corrected chi connectivity index (χ3v) is 8.39. The molecule has 0 spiro atoms. The van der Waals surface area contributed by atoms with Crippen LogP contribution < -0.4 is 0 Å². The van der Waals surface area contributed by atoms with E-state index in [1.165, 1.54) is 116 Å². The topological polar surface area (TPSA) is 78.9 Å². The van der Waals surface area contributed by atoms with Gasteiger partial charge in [-0.15, -0.1) is 0 Å². The van der Waals surface area contributed by atoms with Gasteiger partial charge in [0.15, 0.2) is 6.10 Å². The van der Waals surface area contributed by atoms with Gasteiger partial charge in [0.05, 0.1) is 0 Å². The van der Waals surface area contributed by atoms with Crippen molar-refractivity contribution in [1.29, 1.82) is 0 Å². The molecular formula is C40H72O6. The van der Waals surface area contributed by atoms with Gasteiger partial charge in [0.25, 0.3) is 6.47 Å². The fourth-order valence-electron chi connectivity index (χ4n) is 5.40. The third-order valence-electron chi connectivity index (χ3n) is 8.39. The number of allylic oxidation sites excluding steroid dienone is 4. The van der Waals surface area contributed by atoms with Gasteiger partial charge >= 0.3 is 11.9 Å². The molecule has 0 atom stereocenters. The summed E-state index contributed by atoms with van der Waals surface area (Å²) in [5.41, 5.74) is 0. The normalized spacial score (nSPS) is 11.5. The van der Waals surface area contributed by atoms with Crippen molar-refractivity contribution in [3.05, 3.63) is 24.3 Å². The number of esters is 2. The molecule has 0 aliphatic carbocycles. The first-order chi connectivity index (χ1) is 22.6. The van der Waals surface area contributed by atoms with Gasteiger partial charge in [-0.2, -0.15) is 0 Å². The Morgan fingerprint density at radius 3 is 1.09 bits per heavy atom. The molecule has 0 saturated carbocycles. The van der Waals surface area contributed by atoms with Gasteiger partial charge in [0.2, 0.25) is 0 Å². The van der Waals surface area contributed by atoms with Gasteiger partial charge in [-0.05, 0) is 64.2 Å². The quantitative estimate of drug-likeness (QED) is 0.0221. The molecule has 0 aliphatic heterocycles. The molecule has 0 aliphatic rings. The van der Waals surface area contributed by atoms with E-state index in [-0.39, 0.29) is 25.2 Å². The fourth-order valence-corrected chi connectivity index (χ4v) is 5.40. The van der Waals surface area contributed by atoms with E-state index in [1.807, 2.05) is 0 Å². The van der Waals surface area contributed by atoms with Crippen LogP contribution in [0.3, 0.4) is 0 Å². The van der Waals surface area contributed by atoms with Crippen molar-refractivity contribution in [2.75, 3.05) is 13.2 Å². The SMILES string of the molecule is CCCCCCCC/C=C\CCCCCCCC(=O)OCC(COC(=O)CCCCCCC/C=C\CCCCCCCC)OC=O. The minimum absolute atomic E-state index is 0.0939. The molecular weight excluding hydrogens is 576 g/mol. The van der Waals surface area contributed by atoms with Crippen LogP contribution in [0.2, 0.25) is 0 Å². The van der Waals surface area contributed by atoms with Crippen LogP contribution >= 0.6 is 0 Å². The highest BCUT2D eigenvalue weighted by molar-refractivity contribution is 5.69. The number of carbonyl (C=O) groups excluding carboxylic acids is 3. The second-order valence-electron chi connectivity index (χ2n) is 12.9. The minimum Gasteiger partial charge on any atom is -0.462 e. The van der Waals surface area contributed by atoms with E-state index in [4.69, 9.17) is 14.2 Å². The molecule has 0 heterocycles. The molecule has 0 rings (SSSR count). The van der Waals surface area contributed by atoms with Crippen LogP contribution in [0.4, 0.5) is 0 Å². The molecule has 6 nitrogen and oxygen atoms in total. The average molecular weight is 649 g/mol. The Morgan fingerprint density at radius 1 is 0.457 bits per heavy atom. The third kappa shape index (κ3) is 34.8. The Kier molecular flexibility index (Phi) is 35.6. The van der Waals surface area contributed by atoms with Crippen LogP contribution in [-0.4, -0.2) is 37.7 Å². The molecule has 0 bridgehead atoms. The summed E-state index contributed by atoms with van der Waals surface area (Å²) in [5, 5.41) is 0. The Labute approximate surface area is 283 Å². The molecule has 0 N–H and O–H groups in total. The van der Waals surface area contributed by atoms with Crippen LogP contribution in [-0.2, 0) is 28.6 Å². The smallest absolute Gasteiger partial charge is 0.305 e. The van der Waals surface area contributed by atoms with Crippen molar-refractivity contribution < 1.29 is 28.6 Å². The van der Waals surface area contributed by atoms with Crippen LogP contribution in [0.1, 0.15) is 194 Å². The molecule has 0 fully saturated rings. The first kappa shape index (κ1) is 43.9. The highest BCUT2D eigenvalue weighted by Gasteiger charge is 2.16. The molecule has 0 unspecified atom stereocenters. The first-order valence-corrected chi connectivity index (χ1v) is 19.3. The highest BCUT2D eigenvalue weighted by atomic mass is 16.6. The van der Waals surface area contributed by atoms with E-state index in [9.17, 15) is 14.4 Å². The van der Waals surface area contributed by atoms with Crippen molar-refractivity contribution in [3.8, 4) is 0 Å². The van der Waals surface area contributed by atoms with Crippen LogP contribution in [0.5, 0.6) is 0 Å². The summed E-state index contributed by atoms with van der Waals surface area (Å²) in [7, 11) is 0. The van der Waals surface area contributed by atoms with E-state index >= 15 is 0 Å². The number of hydrogen-bond acceptors (Lipinski definition) is 6. The Bertz CT molecular complexity index is 675. The maximum Gasteiger partial charge on any atom is 0.305 e. The van der Waals surface area contributed by atoms with Crippen molar-refractivity contribution >= 4 is 18.4 Å². The lowest BCUT2D eigenvalue weighted by molar-refractivity contribution is -0.159. The molecule has 0 amide bonds. The van der Waals surface area contributed by atoms with Gasteiger partial charge in [-0.25, -0.2) is 0 Å². The fraction of sp³-hybridized carbons (Fsp3) is 0.825. The van der Waals surface area contributed by atoms with E-state index in [2.05, 4.69) is 38.2 Å². The molecule has 0 aromatic rings. The number of hydrogen-bond donors (Lipinski definition) is 0. The Morgan fingerprint density at radius 2 is 0.761 bits per heavy atom. The maximum atomic E-state index is 12.1. The molecule has 0 saturated heterocycles. The predicted octanol–water partition coefficient (Wildman–Crippen LogP) is 11.7. The monoisotopic (exact) mass is 649 g/mol. The van der Waals surface area contributed by atoms with E-state index < -0.39 is 6.10 Å². The molecule has 268 valence electrons. The zero-order valence-corrected chi connectivity index (χ0v) is 30.1. The lowest BCUT2D eigenvalue weighted by atomic mass is 10.1. The predicted molar refractivity (Wildman–Crippen MR) is 192 cm³/mol. The molecule has 0 aromatic heterocycles. The summed E-state index contributed by atoms with van der Waals surface area (Å²) in [5.74, 6) is -0.617. The molecule has 0 radical (unpaired) electrons. The van der Waals surface area contributed by atoms with Crippen LogP contribution in [0, 0.1) is 0 Å².